The first-order valence-corrected chi connectivity index (χ1v) is 8.48. The second kappa shape index (κ2) is 6.43. The zero-order chi connectivity index (χ0) is 19.1. The number of hydrogen-bond acceptors (Lipinski definition) is 5. The van der Waals surface area contributed by atoms with Crippen molar-refractivity contribution < 1.29 is 24.1 Å². The molecule has 0 saturated heterocycles. The van der Waals surface area contributed by atoms with Gasteiger partial charge in [-0.05, 0) is 45.1 Å². The monoisotopic (exact) mass is 364 g/mol. The lowest BCUT2D eigenvalue weighted by atomic mass is 9.93. The molecule has 1 N–H and O–H groups in total. The van der Waals surface area contributed by atoms with Crippen LogP contribution in [-0.2, 0) is 0 Å². The summed E-state index contributed by atoms with van der Waals surface area (Å²) in [5, 5.41) is 16.1. The summed E-state index contributed by atoms with van der Waals surface area (Å²) >= 11 is 0. The molecule has 4 aromatic rings. The zero-order valence-corrected chi connectivity index (χ0v) is 15.6. The van der Waals surface area contributed by atoms with Crippen LogP contribution in [0.5, 0.6) is 28.7 Å². The van der Waals surface area contributed by atoms with Crippen molar-refractivity contribution >= 4 is 32.3 Å². The molecule has 0 fully saturated rings. The molecule has 4 rings (SSSR count). The maximum atomic E-state index is 10.3. The molecule has 0 atom stereocenters. The van der Waals surface area contributed by atoms with Crippen LogP contribution in [0.2, 0.25) is 0 Å². The molecule has 0 heterocycles. The van der Waals surface area contributed by atoms with Crippen LogP contribution >= 0.6 is 0 Å². The van der Waals surface area contributed by atoms with Crippen molar-refractivity contribution in [3.63, 3.8) is 0 Å². The van der Waals surface area contributed by atoms with Crippen LogP contribution in [0.15, 0.2) is 42.5 Å². The first-order chi connectivity index (χ1) is 13.1. The first kappa shape index (κ1) is 17.1. The van der Waals surface area contributed by atoms with E-state index in [1.807, 2.05) is 36.4 Å². The quantitative estimate of drug-likeness (QED) is 0.523. The van der Waals surface area contributed by atoms with Crippen molar-refractivity contribution in [2.24, 2.45) is 0 Å². The lowest BCUT2D eigenvalue weighted by molar-refractivity contribution is 0.327. The minimum atomic E-state index is 0.0916. The number of phenols is 1. The third kappa shape index (κ3) is 2.39. The molecule has 0 unspecified atom stereocenters. The van der Waals surface area contributed by atoms with Crippen LogP contribution in [0.4, 0.5) is 0 Å². The van der Waals surface area contributed by atoms with Gasteiger partial charge in [-0.15, -0.1) is 0 Å². The molecule has 0 aliphatic heterocycles. The molecule has 138 valence electrons. The van der Waals surface area contributed by atoms with Gasteiger partial charge in [0.1, 0.15) is 0 Å². The summed E-state index contributed by atoms with van der Waals surface area (Å²) in [5.74, 6) is 2.19. The SMILES string of the molecule is COc1cc2c(cc1O)c1ccccc1c1cc(OC)c(OC)c(OC)c21. The van der Waals surface area contributed by atoms with Gasteiger partial charge in [-0.2, -0.15) is 0 Å². The van der Waals surface area contributed by atoms with E-state index in [0.717, 1.165) is 32.3 Å². The Morgan fingerprint density at radius 2 is 1.15 bits per heavy atom. The average molecular weight is 364 g/mol. The first-order valence-electron chi connectivity index (χ1n) is 8.48. The van der Waals surface area contributed by atoms with Crippen molar-refractivity contribution in [2.75, 3.05) is 28.4 Å². The van der Waals surface area contributed by atoms with Gasteiger partial charge in [0, 0.05) is 5.39 Å². The van der Waals surface area contributed by atoms with Gasteiger partial charge in [0.15, 0.2) is 23.0 Å². The Morgan fingerprint density at radius 3 is 1.74 bits per heavy atom. The van der Waals surface area contributed by atoms with Gasteiger partial charge >= 0.3 is 0 Å². The second-order valence-corrected chi connectivity index (χ2v) is 6.18. The molecular weight excluding hydrogens is 344 g/mol. The predicted molar refractivity (Wildman–Crippen MR) is 107 cm³/mol. The van der Waals surface area contributed by atoms with Crippen LogP contribution < -0.4 is 18.9 Å². The Balaban J connectivity index is 2.37. The summed E-state index contributed by atoms with van der Waals surface area (Å²) in [6.45, 7) is 0. The van der Waals surface area contributed by atoms with Crippen LogP contribution in [0.3, 0.4) is 0 Å². The summed E-state index contributed by atoms with van der Waals surface area (Å²) < 4.78 is 22.2. The highest BCUT2D eigenvalue weighted by Crippen LogP contribution is 2.50. The van der Waals surface area contributed by atoms with E-state index in [4.69, 9.17) is 18.9 Å². The van der Waals surface area contributed by atoms with E-state index in [-0.39, 0.29) is 5.75 Å². The Hall–Kier alpha value is -3.34. The number of benzene rings is 4. The van der Waals surface area contributed by atoms with Crippen LogP contribution in [-0.4, -0.2) is 33.5 Å². The standard InChI is InChI=1S/C22H20O5/c1-24-18-10-16-14(9-17(18)23)12-7-5-6-8-13(12)15-11-19(25-2)21(26-3)22(27-4)20(15)16/h5-11,23H,1-4H3. The van der Waals surface area contributed by atoms with Gasteiger partial charge in [-0.1, -0.05) is 24.3 Å². The Morgan fingerprint density at radius 1 is 0.593 bits per heavy atom. The molecule has 0 aliphatic rings. The average Bonchev–Trinajstić information content (AvgIpc) is 2.71. The lowest BCUT2D eigenvalue weighted by Gasteiger charge is -2.19. The molecular formula is C22H20O5. The molecule has 0 spiro atoms. The number of aromatic hydroxyl groups is 1. The Labute approximate surface area is 156 Å². The molecule has 0 amide bonds. The number of ether oxygens (including phenoxy) is 4. The van der Waals surface area contributed by atoms with Gasteiger partial charge in [0.2, 0.25) is 5.75 Å². The normalized spacial score (nSPS) is 11.1. The van der Waals surface area contributed by atoms with Gasteiger partial charge in [0.05, 0.1) is 28.4 Å². The smallest absolute Gasteiger partial charge is 0.203 e. The van der Waals surface area contributed by atoms with Crippen molar-refractivity contribution in [1.82, 2.24) is 0 Å². The molecule has 5 heteroatoms. The van der Waals surface area contributed by atoms with Gasteiger partial charge in [-0.3, -0.25) is 0 Å². The number of fused-ring (bicyclic) bond motifs is 6. The third-order valence-corrected chi connectivity index (χ3v) is 4.93. The second-order valence-electron chi connectivity index (χ2n) is 6.18. The number of methoxy groups -OCH3 is 4. The molecule has 27 heavy (non-hydrogen) atoms. The van der Waals surface area contributed by atoms with Gasteiger partial charge < -0.3 is 24.1 Å². The van der Waals surface area contributed by atoms with Crippen molar-refractivity contribution in [1.29, 1.82) is 0 Å². The van der Waals surface area contributed by atoms with E-state index in [9.17, 15) is 5.11 Å². The Kier molecular flexibility index (Phi) is 4.07. The fraction of sp³-hybridized carbons (Fsp3) is 0.182. The topological polar surface area (TPSA) is 57.2 Å². The molecule has 0 aliphatic carbocycles. The highest BCUT2D eigenvalue weighted by atomic mass is 16.5. The lowest BCUT2D eigenvalue weighted by Crippen LogP contribution is -1.97. The minimum Gasteiger partial charge on any atom is -0.504 e. The molecule has 4 aromatic carbocycles. The third-order valence-electron chi connectivity index (χ3n) is 4.93. The molecule has 0 aromatic heterocycles. The van der Waals surface area contributed by atoms with E-state index in [2.05, 4.69) is 0 Å². The molecule has 0 bridgehead atoms. The summed E-state index contributed by atoms with van der Waals surface area (Å²) in [6.07, 6.45) is 0. The molecule has 5 nitrogen and oxygen atoms in total. The summed E-state index contributed by atoms with van der Waals surface area (Å²) in [6, 6.07) is 13.6. The van der Waals surface area contributed by atoms with E-state index in [0.29, 0.717) is 23.0 Å². The van der Waals surface area contributed by atoms with Crippen LogP contribution in [0.25, 0.3) is 32.3 Å². The molecule has 0 saturated carbocycles. The maximum absolute atomic E-state index is 10.3. The highest BCUT2D eigenvalue weighted by molar-refractivity contribution is 6.28. The summed E-state index contributed by atoms with van der Waals surface area (Å²) in [7, 11) is 6.33. The highest BCUT2D eigenvalue weighted by Gasteiger charge is 2.21. The van der Waals surface area contributed by atoms with Gasteiger partial charge in [-0.25, -0.2) is 0 Å². The fourth-order valence-corrected chi connectivity index (χ4v) is 3.75. The predicted octanol–water partition coefficient (Wildman–Crippen LogP) is 4.89. The number of phenolic OH excluding ortho intramolecular Hbond substituents is 1. The zero-order valence-electron chi connectivity index (χ0n) is 15.6. The van der Waals surface area contributed by atoms with E-state index < -0.39 is 0 Å². The van der Waals surface area contributed by atoms with E-state index in [1.54, 1.807) is 27.4 Å². The number of rotatable bonds is 4. The van der Waals surface area contributed by atoms with Crippen LogP contribution in [0, 0.1) is 0 Å². The molecule has 0 radical (unpaired) electrons. The maximum Gasteiger partial charge on any atom is 0.203 e. The minimum absolute atomic E-state index is 0.0916. The fourth-order valence-electron chi connectivity index (χ4n) is 3.75. The Bertz CT molecular complexity index is 1180. The number of hydrogen-bond donors (Lipinski definition) is 1. The summed E-state index contributed by atoms with van der Waals surface area (Å²) in [5.41, 5.74) is 0. The largest absolute Gasteiger partial charge is 0.504 e. The van der Waals surface area contributed by atoms with Gasteiger partial charge in [0.25, 0.3) is 0 Å². The van der Waals surface area contributed by atoms with Crippen molar-refractivity contribution in [2.45, 2.75) is 0 Å². The van der Waals surface area contributed by atoms with Crippen LogP contribution in [0.1, 0.15) is 0 Å². The summed E-state index contributed by atoms with van der Waals surface area (Å²) in [4.78, 5) is 0. The van der Waals surface area contributed by atoms with E-state index in [1.165, 1.54) is 7.11 Å². The van der Waals surface area contributed by atoms with Crippen molar-refractivity contribution in [3.05, 3.63) is 42.5 Å². The van der Waals surface area contributed by atoms with Crippen molar-refractivity contribution in [3.8, 4) is 28.7 Å². The van der Waals surface area contributed by atoms with E-state index >= 15 is 0 Å².